The predicted octanol–water partition coefficient (Wildman–Crippen LogP) is 7.64. The number of rotatable bonds is 5. The molecule has 4 rings (SSSR count). The van der Waals surface area contributed by atoms with Crippen molar-refractivity contribution in [2.45, 2.75) is 0 Å². The molecule has 0 unspecified atom stereocenters. The van der Waals surface area contributed by atoms with Gasteiger partial charge in [-0.2, -0.15) is 0 Å². The fourth-order valence-corrected chi connectivity index (χ4v) is 2.98. The van der Waals surface area contributed by atoms with Crippen LogP contribution in [0.5, 0.6) is 11.5 Å². The van der Waals surface area contributed by atoms with Crippen LogP contribution >= 0.6 is 18.6 Å². The van der Waals surface area contributed by atoms with Gasteiger partial charge < -0.3 is 10.2 Å². The van der Waals surface area contributed by atoms with E-state index in [9.17, 15) is 10.2 Å². The molecule has 0 aromatic heterocycles. The van der Waals surface area contributed by atoms with E-state index in [-0.39, 0.29) is 11.5 Å². The normalized spacial score (nSPS) is 10.7. The van der Waals surface area contributed by atoms with Crippen molar-refractivity contribution < 1.29 is 27.2 Å². The Morgan fingerprint density at radius 2 is 0.939 bits per heavy atom. The zero-order valence-electron chi connectivity index (χ0n) is 17.4. The van der Waals surface area contributed by atoms with E-state index in [0.717, 1.165) is 22.5 Å². The van der Waals surface area contributed by atoms with Gasteiger partial charge in [-0.3, -0.25) is 9.98 Å². The van der Waals surface area contributed by atoms with Crippen LogP contribution in [-0.4, -0.2) is 22.6 Å². The van der Waals surface area contributed by atoms with Crippen LogP contribution in [-0.2, 0) is 17.0 Å². The van der Waals surface area contributed by atoms with Gasteiger partial charge in [-0.1, -0.05) is 48.5 Å². The Morgan fingerprint density at radius 3 is 1.27 bits per heavy atom. The number of benzene rings is 4. The van der Waals surface area contributed by atoms with Crippen molar-refractivity contribution >= 4 is 42.4 Å². The maximum atomic E-state index is 10.4. The molecule has 7 heteroatoms. The zero-order valence-corrected chi connectivity index (χ0v) is 20.5. The molecule has 0 bridgehead atoms. The Balaban J connectivity index is 0.000000968. The van der Waals surface area contributed by atoms with Crippen molar-refractivity contribution in [3.63, 3.8) is 0 Å². The maximum absolute atomic E-state index is 10.4. The van der Waals surface area contributed by atoms with Gasteiger partial charge >= 0.3 is 35.6 Å². The number of phenolic OH excluding ortho intramolecular Hbond substituents is 2. The van der Waals surface area contributed by atoms with Crippen LogP contribution in [0.3, 0.4) is 0 Å². The SMILES string of the molecule is Oc1cc(-c2ccc(C=Nc3ccccc3)c(O)c2)ccc1C=Nc1ccccc1.[Cl][Ti][Cl]. The summed E-state index contributed by atoms with van der Waals surface area (Å²) in [6.07, 6.45) is 3.27. The molecule has 0 saturated heterocycles. The van der Waals surface area contributed by atoms with Gasteiger partial charge in [-0.05, 0) is 59.7 Å². The van der Waals surface area contributed by atoms with Gasteiger partial charge in [-0.25, -0.2) is 0 Å². The minimum absolute atomic E-state index is 0.126. The number of aromatic hydroxyl groups is 2. The summed E-state index contributed by atoms with van der Waals surface area (Å²) in [7, 11) is 9.78. The summed E-state index contributed by atoms with van der Waals surface area (Å²) >= 11 is -0.556. The fourth-order valence-electron chi connectivity index (χ4n) is 2.98. The Labute approximate surface area is 209 Å². The van der Waals surface area contributed by atoms with Crippen LogP contribution in [0, 0.1) is 0 Å². The van der Waals surface area contributed by atoms with Gasteiger partial charge in [0.05, 0.1) is 11.4 Å². The third-order valence-electron chi connectivity index (χ3n) is 4.61. The van der Waals surface area contributed by atoms with E-state index >= 15 is 0 Å². The van der Waals surface area contributed by atoms with Gasteiger partial charge in [0.1, 0.15) is 11.5 Å². The first-order valence-corrected chi connectivity index (χ1v) is 14.2. The predicted molar refractivity (Wildman–Crippen MR) is 134 cm³/mol. The summed E-state index contributed by atoms with van der Waals surface area (Å²) in [5.41, 5.74) is 4.48. The van der Waals surface area contributed by atoms with Crippen molar-refractivity contribution in [2.75, 3.05) is 0 Å². The summed E-state index contributed by atoms with van der Waals surface area (Å²) < 4.78 is 0. The van der Waals surface area contributed by atoms with Crippen molar-refractivity contribution in [1.29, 1.82) is 0 Å². The fraction of sp³-hybridized carbons (Fsp3) is 0. The molecule has 4 aromatic carbocycles. The van der Waals surface area contributed by atoms with E-state index in [2.05, 4.69) is 9.98 Å². The molecule has 0 amide bonds. The molecule has 164 valence electrons. The molecule has 4 nitrogen and oxygen atoms in total. The van der Waals surface area contributed by atoms with E-state index in [0.29, 0.717) is 11.1 Å². The number of hydrogen-bond donors (Lipinski definition) is 2. The van der Waals surface area contributed by atoms with E-state index in [4.69, 9.17) is 18.6 Å². The first kappa shape index (κ1) is 24.8. The molecule has 0 aliphatic heterocycles. The first-order chi connectivity index (χ1) is 16.1. The van der Waals surface area contributed by atoms with Crippen LogP contribution in [0.15, 0.2) is 107 Å². The molecule has 4 aromatic rings. The molecule has 0 aliphatic carbocycles. The van der Waals surface area contributed by atoms with Crippen molar-refractivity contribution in [2.24, 2.45) is 9.98 Å². The van der Waals surface area contributed by atoms with Crippen LogP contribution in [0.1, 0.15) is 11.1 Å². The van der Waals surface area contributed by atoms with Crippen molar-refractivity contribution in [1.82, 2.24) is 0 Å². The topological polar surface area (TPSA) is 65.2 Å². The Kier molecular flexibility index (Phi) is 9.73. The van der Waals surface area contributed by atoms with Gasteiger partial charge in [0.15, 0.2) is 0 Å². The third kappa shape index (κ3) is 7.59. The van der Waals surface area contributed by atoms with Gasteiger partial charge in [-0.15, -0.1) is 0 Å². The average Bonchev–Trinajstić information content (AvgIpc) is 2.84. The van der Waals surface area contributed by atoms with Gasteiger partial charge in [0.25, 0.3) is 0 Å². The second-order valence-corrected chi connectivity index (χ2v) is 9.39. The molecule has 0 heterocycles. The third-order valence-corrected chi connectivity index (χ3v) is 4.61. The zero-order chi connectivity index (χ0) is 23.5. The van der Waals surface area contributed by atoms with Crippen molar-refractivity contribution in [3.8, 4) is 22.6 Å². The molecule has 0 fully saturated rings. The Hall–Kier alpha value is -2.89. The second kappa shape index (κ2) is 13.0. The van der Waals surface area contributed by atoms with Crippen LogP contribution in [0.25, 0.3) is 11.1 Å². The molecule has 0 saturated carbocycles. The number of halogens is 2. The molecule has 33 heavy (non-hydrogen) atoms. The number of hydrogen-bond acceptors (Lipinski definition) is 4. The minimum atomic E-state index is -0.556. The van der Waals surface area contributed by atoms with E-state index < -0.39 is 17.0 Å². The molecule has 0 radical (unpaired) electrons. The Morgan fingerprint density at radius 1 is 0.576 bits per heavy atom. The van der Waals surface area contributed by atoms with Crippen LogP contribution in [0.4, 0.5) is 11.4 Å². The summed E-state index contributed by atoms with van der Waals surface area (Å²) in [5.74, 6) is 0.253. The molecule has 0 aliphatic rings. The number of nitrogens with zero attached hydrogens (tertiary/aromatic N) is 2. The number of aliphatic imine (C=N–C) groups is 2. The monoisotopic (exact) mass is 510 g/mol. The van der Waals surface area contributed by atoms with Gasteiger partial charge in [0, 0.05) is 23.6 Å². The molecular formula is C26H20Cl2N2O2Ti. The average molecular weight is 511 g/mol. The molecular weight excluding hydrogens is 491 g/mol. The van der Waals surface area contributed by atoms with E-state index in [1.54, 1.807) is 36.7 Å². The van der Waals surface area contributed by atoms with Crippen LogP contribution < -0.4 is 0 Å². The summed E-state index contributed by atoms with van der Waals surface area (Å²) in [4.78, 5) is 8.74. The number of para-hydroxylation sites is 2. The Bertz CT molecular complexity index is 1140. The van der Waals surface area contributed by atoms with E-state index in [1.165, 1.54) is 0 Å². The van der Waals surface area contributed by atoms with Crippen molar-refractivity contribution in [3.05, 3.63) is 108 Å². The summed E-state index contributed by atoms with van der Waals surface area (Å²) in [6.45, 7) is 0. The number of phenols is 2. The van der Waals surface area contributed by atoms with E-state index in [1.807, 2.05) is 72.8 Å². The molecule has 0 atom stereocenters. The molecule has 2 N–H and O–H groups in total. The molecule has 0 spiro atoms. The first-order valence-electron chi connectivity index (χ1n) is 9.91. The second-order valence-electron chi connectivity index (χ2n) is 6.81. The standard InChI is InChI=1S/C26H20N2O2.2ClH.Ti/c29-25-15-19(11-13-21(25)17-27-23-7-3-1-4-8-23)20-12-14-22(26(30)16-20)18-28-24-9-5-2-6-10-24;;;/h1-18,29-30H;2*1H;/q;;;+2/p-2. The van der Waals surface area contributed by atoms with Gasteiger partial charge in [0.2, 0.25) is 0 Å². The quantitative estimate of drug-likeness (QED) is 0.214. The summed E-state index contributed by atoms with van der Waals surface area (Å²) in [6, 6.07) is 29.8. The van der Waals surface area contributed by atoms with Crippen LogP contribution in [0.2, 0.25) is 0 Å². The summed E-state index contributed by atoms with van der Waals surface area (Å²) in [5, 5.41) is 20.8.